The topological polar surface area (TPSA) is 86.2 Å². The second kappa shape index (κ2) is 10.9. The Bertz CT molecular complexity index is 1150. The molecule has 0 aromatic heterocycles. The number of aryl methyl sites for hydroxylation is 1. The molecule has 3 aromatic carbocycles. The lowest BCUT2D eigenvalue weighted by Crippen LogP contribution is -2.26. The van der Waals surface area contributed by atoms with Crippen LogP contribution < -0.4 is 19.5 Å². The average Bonchev–Trinajstić information content (AvgIpc) is 2.84. The van der Waals surface area contributed by atoms with Gasteiger partial charge >= 0.3 is 0 Å². The molecule has 2 amide bonds. The summed E-state index contributed by atoms with van der Waals surface area (Å²) in [6.07, 6.45) is 0.125. The van der Waals surface area contributed by atoms with Crippen molar-refractivity contribution in [1.82, 2.24) is 0 Å². The fourth-order valence-electron chi connectivity index (χ4n) is 3.12. The van der Waals surface area contributed by atoms with Gasteiger partial charge in [-0.25, -0.2) is 4.99 Å². The zero-order valence-electron chi connectivity index (χ0n) is 19.0. The lowest BCUT2D eigenvalue weighted by atomic mass is 10.1. The van der Waals surface area contributed by atoms with Crippen molar-refractivity contribution in [1.29, 1.82) is 0 Å². The average molecular weight is 447 g/mol. The summed E-state index contributed by atoms with van der Waals surface area (Å²) in [7, 11) is 4.65. The number of nitrogens with one attached hydrogen (secondary N) is 1. The molecule has 0 bridgehead atoms. The van der Waals surface area contributed by atoms with Gasteiger partial charge in [0.1, 0.15) is 11.5 Å². The van der Waals surface area contributed by atoms with Gasteiger partial charge in [0.25, 0.3) is 11.8 Å². The monoisotopic (exact) mass is 446 g/mol. The summed E-state index contributed by atoms with van der Waals surface area (Å²) in [5, 5.41) is 2.80. The number of rotatable bonds is 8. The molecular formula is C26H26N2O5. The van der Waals surface area contributed by atoms with Crippen molar-refractivity contribution < 1.29 is 23.8 Å². The molecule has 0 saturated heterocycles. The van der Waals surface area contributed by atoms with Gasteiger partial charge in [-0.2, -0.15) is 0 Å². The zero-order chi connectivity index (χ0) is 23.8. The van der Waals surface area contributed by atoms with Gasteiger partial charge in [-0.05, 0) is 61.0 Å². The van der Waals surface area contributed by atoms with E-state index in [2.05, 4.69) is 10.3 Å². The summed E-state index contributed by atoms with van der Waals surface area (Å²) in [6, 6.07) is 19.2. The van der Waals surface area contributed by atoms with E-state index in [9.17, 15) is 9.59 Å². The maximum Gasteiger partial charge on any atom is 0.277 e. The van der Waals surface area contributed by atoms with Crippen LogP contribution in [0.2, 0.25) is 0 Å². The number of anilines is 1. The van der Waals surface area contributed by atoms with Crippen molar-refractivity contribution in [3.05, 3.63) is 83.4 Å². The van der Waals surface area contributed by atoms with Gasteiger partial charge in [-0.3, -0.25) is 9.59 Å². The summed E-state index contributed by atoms with van der Waals surface area (Å²) in [5.74, 6) is 0.792. The van der Waals surface area contributed by atoms with Gasteiger partial charge in [0.2, 0.25) is 0 Å². The maximum absolute atomic E-state index is 13.1. The summed E-state index contributed by atoms with van der Waals surface area (Å²) < 4.78 is 15.8. The molecular weight excluding hydrogens is 420 g/mol. The SMILES string of the molecule is COc1ccc(NC(=O)C(Cc2ccc(OC)c(OC)c2)=NC(=O)c2ccc(C)cc2)cc1. The van der Waals surface area contributed by atoms with E-state index in [1.807, 2.05) is 19.1 Å². The van der Waals surface area contributed by atoms with E-state index in [-0.39, 0.29) is 12.1 Å². The first-order chi connectivity index (χ1) is 15.9. The fourth-order valence-corrected chi connectivity index (χ4v) is 3.12. The molecule has 0 atom stereocenters. The van der Waals surface area contributed by atoms with Crippen LogP contribution in [0.1, 0.15) is 21.5 Å². The van der Waals surface area contributed by atoms with Crippen LogP contribution in [0.3, 0.4) is 0 Å². The van der Waals surface area contributed by atoms with Crippen LogP contribution in [0.5, 0.6) is 17.2 Å². The Morgan fingerprint density at radius 1 is 0.818 bits per heavy atom. The molecule has 0 fully saturated rings. The number of nitrogens with zero attached hydrogens (tertiary/aromatic N) is 1. The van der Waals surface area contributed by atoms with Gasteiger partial charge in [-0.15, -0.1) is 0 Å². The van der Waals surface area contributed by atoms with Gasteiger partial charge in [0.05, 0.1) is 21.3 Å². The number of aliphatic imine (C=N–C) groups is 1. The van der Waals surface area contributed by atoms with E-state index in [4.69, 9.17) is 14.2 Å². The van der Waals surface area contributed by atoms with Crippen LogP contribution in [0.4, 0.5) is 5.69 Å². The molecule has 0 aliphatic carbocycles. The Morgan fingerprint density at radius 3 is 2.09 bits per heavy atom. The normalized spacial score (nSPS) is 11.0. The predicted molar refractivity (Wildman–Crippen MR) is 128 cm³/mol. The van der Waals surface area contributed by atoms with Crippen LogP contribution >= 0.6 is 0 Å². The summed E-state index contributed by atoms with van der Waals surface area (Å²) >= 11 is 0. The number of carbonyl (C=O) groups is 2. The van der Waals surface area contributed by atoms with Gasteiger partial charge in [-0.1, -0.05) is 23.8 Å². The summed E-state index contributed by atoms with van der Waals surface area (Å²) in [5.41, 5.74) is 2.81. The van der Waals surface area contributed by atoms with Crippen molar-refractivity contribution in [2.75, 3.05) is 26.6 Å². The molecule has 0 aliphatic rings. The first-order valence-corrected chi connectivity index (χ1v) is 10.3. The van der Waals surface area contributed by atoms with Gasteiger partial charge in [0, 0.05) is 17.7 Å². The molecule has 7 nitrogen and oxygen atoms in total. The van der Waals surface area contributed by atoms with Crippen LogP contribution in [0, 0.1) is 6.92 Å². The van der Waals surface area contributed by atoms with E-state index in [0.29, 0.717) is 28.5 Å². The van der Waals surface area contributed by atoms with Gasteiger partial charge < -0.3 is 19.5 Å². The lowest BCUT2D eigenvalue weighted by Gasteiger charge is -2.12. The number of methoxy groups -OCH3 is 3. The summed E-state index contributed by atoms with van der Waals surface area (Å²) in [6.45, 7) is 1.93. The quantitative estimate of drug-likeness (QED) is 0.516. The highest BCUT2D eigenvalue weighted by Gasteiger charge is 2.17. The zero-order valence-corrected chi connectivity index (χ0v) is 19.0. The minimum Gasteiger partial charge on any atom is -0.497 e. The van der Waals surface area contributed by atoms with Crippen molar-refractivity contribution in [3.63, 3.8) is 0 Å². The second-order valence-electron chi connectivity index (χ2n) is 7.28. The van der Waals surface area contributed by atoms with Crippen LogP contribution in [0.15, 0.2) is 71.7 Å². The number of ether oxygens (including phenoxy) is 3. The third-order valence-corrected chi connectivity index (χ3v) is 4.96. The van der Waals surface area contributed by atoms with E-state index in [1.54, 1.807) is 68.8 Å². The molecule has 170 valence electrons. The first kappa shape index (κ1) is 23.5. The Labute approximate surface area is 193 Å². The molecule has 0 aliphatic heterocycles. The summed E-state index contributed by atoms with van der Waals surface area (Å²) in [4.78, 5) is 30.0. The van der Waals surface area contributed by atoms with Crippen LogP contribution in [-0.4, -0.2) is 38.9 Å². The standard InChI is InChI=1S/C26H26N2O5/c1-17-5-8-19(9-6-17)25(29)28-22(15-18-7-14-23(32-3)24(16-18)33-4)26(30)27-20-10-12-21(31-2)13-11-20/h5-14,16H,15H2,1-4H3,(H,27,30). The fraction of sp³-hybridized carbons (Fsp3) is 0.192. The highest BCUT2D eigenvalue weighted by molar-refractivity contribution is 6.45. The minimum atomic E-state index is -0.490. The number of hydrogen-bond donors (Lipinski definition) is 1. The van der Waals surface area contributed by atoms with E-state index >= 15 is 0 Å². The minimum absolute atomic E-state index is 0.0728. The maximum atomic E-state index is 13.1. The smallest absolute Gasteiger partial charge is 0.277 e. The molecule has 0 radical (unpaired) electrons. The molecule has 0 heterocycles. The van der Waals surface area contributed by atoms with Crippen molar-refractivity contribution in [3.8, 4) is 17.2 Å². The Balaban J connectivity index is 1.91. The van der Waals surface area contributed by atoms with Crippen molar-refractivity contribution >= 4 is 23.2 Å². The number of carbonyl (C=O) groups excluding carboxylic acids is 2. The number of benzene rings is 3. The molecule has 33 heavy (non-hydrogen) atoms. The number of amides is 2. The van der Waals surface area contributed by atoms with E-state index in [1.165, 1.54) is 7.11 Å². The number of hydrogen-bond acceptors (Lipinski definition) is 5. The Kier molecular flexibility index (Phi) is 7.81. The molecule has 3 aromatic rings. The lowest BCUT2D eigenvalue weighted by molar-refractivity contribution is -0.110. The van der Waals surface area contributed by atoms with Crippen LogP contribution in [0.25, 0.3) is 0 Å². The largest absolute Gasteiger partial charge is 0.497 e. The second-order valence-corrected chi connectivity index (χ2v) is 7.28. The predicted octanol–water partition coefficient (Wildman–Crippen LogP) is 4.48. The third kappa shape index (κ3) is 6.20. The molecule has 7 heteroatoms. The highest BCUT2D eigenvalue weighted by atomic mass is 16.5. The molecule has 0 saturated carbocycles. The molecule has 0 spiro atoms. The first-order valence-electron chi connectivity index (χ1n) is 10.3. The molecule has 0 unspecified atom stereocenters. The Hall–Kier alpha value is -4.13. The Morgan fingerprint density at radius 2 is 1.48 bits per heavy atom. The molecule has 3 rings (SSSR count). The van der Waals surface area contributed by atoms with Crippen LogP contribution in [-0.2, 0) is 11.2 Å². The highest BCUT2D eigenvalue weighted by Crippen LogP contribution is 2.28. The van der Waals surface area contributed by atoms with Crippen molar-refractivity contribution in [2.45, 2.75) is 13.3 Å². The van der Waals surface area contributed by atoms with E-state index < -0.39 is 11.8 Å². The molecule has 1 N–H and O–H groups in total. The third-order valence-electron chi connectivity index (χ3n) is 4.96. The van der Waals surface area contributed by atoms with Crippen molar-refractivity contribution in [2.24, 2.45) is 4.99 Å². The van der Waals surface area contributed by atoms with E-state index in [0.717, 1.165) is 11.1 Å². The van der Waals surface area contributed by atoms with Gasteiger partial charge in [0.15, 0.2) is 11.5 Å².